The average molecular weight is 238 g/mol. The van der Waals surface area contributed by atoms with Crippen LogP contribution in [0.5, 0.6) is 0 Å². The maximum absolute atomic E-state index is 4.38. The second kappa shape index (κ2) is 5.63. The summed E-state index contributed by atoms with van der Waals surface area (Å²) >= 11 is 0. The Bertz CT molecular complexity index is 335. The van der Waals surface area contributed by atoms with Crippen LogP contribution in [0.15, 0.2) is 6.33 Å². The number of rotatable bonds is 5. The van der Waals surface area contributed by atoms with E-state index in [9.17, 15) is 0 Å². The summed E-state index contributed by atoms with van der Waals surface area (Å²) in [5.41, 5.74) is 0.226. The van der Waals surface area contributed by atoms with Crippen molar-refractivity contribution in [1.82, 2.24) is 20.1 Å². The molecule has 4 heteroatoms. The van der Waals surface area contributed by atoms with Crippen molar-refractivity contribution in [1.29, 1.82) is 0 Å². The normalized spacial score (nSPS) is 14.3. The van der Waals surface area contributed by atoms with Crippen molar-refractivity contribution < 1.29 is 0 Å². The molecule has 98 valence electrons. The van der Waals surface area contributed by atoms with E-state index in [0.717, 1.165) is 18.8 Å². The molecule has 0 saturated heterocycles. The van der Waals surface area contributed by atoms with Gasteiger partial charge in [-0.25, -0.2) is 9.67 Å². The number of hydrogen-bond donors (Lipinski definition) is 1. The fraction of sp³-hybridized carbons (Fsp3) is 0.846. The first-order valence-electron chi connectivity index (χ1n) is 6.38. The van der Waals surface area contributed by atoms with E-state index >= 15 is 0 Å². The largest absolute Gasteiger partial charge is 0.316 e. The fourth-order valence-corrected chi connectivity index (χ4v) is 1.97. The lowest BCUT2D eigenvalue weighted by Crippen LogP contribution is -2.40. The summed E-state index contributed by atoms with van der Waals surface area (Å²) in [4.78, 5) is 4.38. The molecule has 1 aromatic heterocycles. The van der Waals surface area contributed by atoms with Gasteiger partial charge in [-0.15, -0.1) is 0 Å². The highest BCUT2D eigenvalue weighted by molar-refractivity contribution is 4.93. The van der Waals surface area contributed by atoms with Crippen molar-refractivity contribution in [2.24, 2.45) is 11.3 Å². The number of likely N-dealkylation sites (N-methyl/N-ethyl adjacent to an activating group) is 1. The molecular formula is C13H26N4. The molecule has 1 aromatic rings. The van der Waals surface area contributed by atoms with Crippen molar-refractivity contribution in [3.05, 3.63) is 12.2 Å². The summed E-state index contributed by atoms with van der Waals surface area (Å²) < 4.78 is 2.03. The summed E-state index contributed by atoms with van der Waals surface area (Å²) in [5, 5.41) is 7.68. The minimum absolute atomic E-state index is 0.226. The SMILES string of the molecule is CNC(Cc1ncnn1CC(C)C)C(C)(C)C. The summed E-state index contributed by atoms with van der Waals surface area (Å²) in [5.74, 6) is 1.67. The smallest absolute Gasteiger partial charge is 0.138 e. The molecule has 0 bridgehead atoms. The van der Waals surface area contributed by atoms with Crippen LogP contribution < -0.4 is 5.32 Å². The lowest BCUT2D eigenvalue weighted by atomic mass is 9.84. The van der Waals surface area contributed by atoms with Crippen molar-refractivity contribution in [3.63, 3.8) is 0 Å². The van der Waals surface area contributed by atoms with E-state index in [1.165, 1.54) is 0 Å². The fourth-order valence-electron chi connectivity index (χ4n) is 1.97. The third kappa shape index (κ3) is 4.11. The highest BCUT2D eigenvalue weighted by Gasteiger charge is 2.25. The van der Waals surface area contributed by atoms with Gasteiger partial charge in [0.1, 0.15) is 12.2 Å². The minimum atomic E-state index is 0.226. The van der Waals surface area contributed by atoms with Gasteiger partial charge in [0.15, 0.2) is 0 Å². The van der Waals surface area contributed by atoms with E-state index in [-0.39, 0.29) is 5.41 Å². The molecule has 0 radical (unpaired) electrons. The third-order valence-corrected chi connectivity index (χ3v) is 3.01. The molecule has 4 nitrogen and oxygen atoms in total. The maximum Gasteiger partial charge on any atom is 0.138 e. The van der Waals surface area contributed by atoms with Crippen molar-refractivity contribution >= 4 is 0 Å². The number of nitrogens with one attached hydrogen (secondary N) is 1. The molecule has 0 spiro atoms. The van der Waals surface area contributed by atoms with Gasteiger partial charge in [-0.3, -0.25) is 0 Å². The van der Waals surface area contributed by atoms with Gasteiger partial charge in [-0.05, 0) is 18.4 Å². The summed E-state index contributed by atoms with van der Waals surface area (Å²) in [6.07, 6.45) is 2.58. The maximum atomic E-state index is 4.38. The first kappa shape index (κ1) is 14.2. The highest BCUT2D eigenvalue weighted by atomic mass is 15.3. The van der Waals surface area contributed by atoms with Gasteiger partial charge in [-0.1, -0.05) is 34.6 Å². The van der Waals surface area contributed by atoms with Crippen LogP contribution in [-0.4, -0.2) is 27.9 Å². The molecule has 0 amide bonds. The zero-order valence-corrected chi connectivity index (χ0v) is 12.0. The predicted octanol–water partition coefficient (Wildman–Crippen LogP) is 2.11. The number of hydrogen-bond acceptors (Lipinski definition) is 3. The zero-order chi connectivity index (χ0) is 13.1. The van der Waals surface area contributed by atoms with E-state index in [4.69, 9.17) is 0 Å². The van der Waals surface area contributed by atoms with Gasteiger partial charge in [0.2, 0.25) is 0 Å². The lowest BCUT2D eigenvalue weighted by molar-refractivity contribution is 0.272. The third-order valence-electron chi connectivity index (χ3n) is 3.01. The Labute approximate surface area is 105 Å². The molecule has 1 rings (SSSR count). The molecule has 1 heterocycles. The quantitative estimate of drug-likeness (QED) is 0.854. The van der Waals surface area contributed by atoms with Crippen molar-refractivity contribution in [3.8, 4) is 0 Å². The molecule has 0 aliphatic rings. The van der Waals surface area contributed by atoms with E-state index in [0.29, 0.717) is 12.0 Å². The zero-order valence-electron chi connectivity index (χ0n) is 12.0. The Hall–Kier alpha value is -0.900. The molecule has 1 unspecified atom stereocenters. The molecule has 17 heavy (non-hydrogen) atoms. The van der Waals surface area contributed by atoms with E-state index < -0.39 is 0 Å². The van der Waals surface area contributed by atoms with Gasteiger partial charge in [-0.2, -0.15) is 5.10 Å². The van der Waals surface area contributed by atoms with E-state index in [1.54, 1.807) is 6.33 Å². The van der Waals surface area contributed by atoms with Gasteiger partial charge >= 0.3 is 0 Å². The standard InChI is InChI=1S/C13H26N4/c1-10(2)8-17-12(15-9-16-17)7-11(14-6)13(3,4)5/h9-11,14H,7-8H2,1-6H3. The second-order valence-corrected chi connectivity index (χ2v) is 6.16. The first-order chi connectivity index (χ1) is 7.84. The van der Waals surface area contributed by atoms with E-state index in [2.05, 4.69) is 50.0 Å². The number of aromatic nitrogens is 3. The Morgan fingerprint density at radius 2 is 2.00 bits per heavy atom. The van der Waals surface area contributed by atoms with Crippen LogP contribution in [0.2, 0.25) is 0 Å². The molecule has 0 aromatic carbocycles. The van der Waals surface area contributed by atoms with Crippen LogP contribution in [0.4, 0.5) is 0 Å². The van der Waals surface area contributed by atoms with Gasteiger partial charge in [0.05, 0.1) is 0 Å². The molecule has 0 aliphatic heterocycles. The summed E-state index contributed by atoms with van der Waals surface area (Å²) in [7, 11) is 2.01. The van der Waals surface area contributed by atoms with Crippen LogP contribution in [0.25, 0.3) is 0 Å². The van der Waals surface area contributed by atoms with Crippen LogP contribution in [0, 0.1) is 11.3 Å². The Morgan fingerprint density at radius 3 is 2.47 bits per heavy atom. The van der Waals surface area contributed by atoms with E-state index in [1.807, 2.05) is 11.7 Å². The molecular weight excluding hydrogens is 212 g/mol. The first-order valence-corrected chi connectivity index (χ1v) is 6.38. The predicted molar refractivity (Wildman–Crippen MR) is 70.9 cm³/mol. The minimum Gasteiger partial charge on any atom is -0.316 e. The van der Waals surface area contributed by atoms with Crippen molar-refractivity contribution in [2.45, 2.75) is 53.6 Å². The Balaban J connectivity index is 2.76. The van der Waals surface area contributed by atoms with Crippen LogP contribution in [0.3, 0.4) is 0 Å². The second-order valence-electron chi connectivity index (χ2n) is 6.16. The topological polar surface area (TPSA) is 42.7 Å². The van der Waals surface area contributed by atoms with Gasteiger partial charge in [0, 0.05) is 19.0 Å². The number of nitrogens with zero attached hydrogens (tertiary/aromatic N) is 3. The Kier molecular flexibility index (Phi) is 4.69. The monoisotopic (exact) mass is 238 g/mol. The molecule has 1 N–H and O–H groups in total. The molecule has 0 saturated carbocycles. The lowest BCUT2D eigenvalue weighted by Gasteiger charge is -2.30. The van der Waals surface area contributed by atoms with Crippen LogP contribution >= 0.6 is 0 Å². The molecule has 0 aliphatic carbocycles. The van der Waals surface area contributed by atoms with Crippen LogP contribution in [0.1, 0.15) is 40.4 Å². The highest BCUT2D eigenvalue weighted by Crippen LogP contribution is 2.21. The average Bonchev–Trinajstić information content (AvgIpc) is 2.59. The van der Waals surface area contributed by atoms with Crippen LogP contribution in [-0.2, 0) is 13.0 Å². The molecule has 0 fully saturated rings. The summed E-state index contributed by atoms with van der Waals surface area (Å²) in [6.45, 7) is 12.1. The molecule has 1 atom stereocenters. The van der Waals surface area contributed by atoms with Crippen molar-refractivity contribution in [2.75, 3.05) is 7.05 Å². The van der Waals surface area contributed by atoms with Gasteiger partial charge in [0.25, 0.3) is 0 Å². The summed E-state index contributed by atoms with van der Waals surface area (Å²) in [6, 6.07) is 0.414. The van der Waals surface area contributed by atoms with Gasteiger partial charge < -0.3 is 5.32 Å². The Morgan fingerprint density at radius 1 is 1.35 bits per heavy atom.